The summed E-state index contributed by atoms with van der Waals surface area (Å²) in [6.45, 7) is -1.72. The van der Waals surface area contributed by atoms with E-state index in [9.17, 15) is 45.6 Å². The largest absolute Gasteiger partial charge is 0.477 e. The first-order valence-electron chi connectivity index (χ1n) is 8.79. The maximum absolute atomic E-state index is 11.9. The van der Waals surface area contributed by atoms with Crippen LogP contribution in [-0.4, -0.2) is 132 Å². The van der Waals surface area contributed by atoms with Gasteiger partial charge in [0.05, 0.1) is 25.4 Å². The van der Waals surface area contributed by atoms with Crippen molar-refractivity contribution in [2.24, 2.45) is 5.73 Å². The maximum atomic E-state index is 11.9. The van der Waals surface area contributed by atoms with Gasteiger partial charge in [-0.3, -0.25) is 0 Å². The van der Waals surface area contributed by atoms with Crippen LogP contribution in [-0.2, 0) is 19.0 Å². The number of ether oxygens (including phenoxy) is 3. The third kappa shape index (κ3) is 4.68. The van der Waals surface area contributed by atoms with Crippen LogP contribution in [0, 0.1) is 0 Å². The van der Waals surface area contributed by atoms with Gasteiger partial charge in [-0.05, 0) is 0 Å². The number of hydrogen-bond acceptors (Lipinski definition) is 13. The molecule has 0 amide bonds. The molecule has 14 heteroatoms. The van der Waals surface area contributed by atoms with Crippen LogP contribution in [0.25, 0.3) is 0 Å². The fraction of sp³-hybridized carbons (Fsp3) is 0.933. The first kappa shape index (κ1) is 24.3. The van der Waals surface area contributed by atoms with Crippen molar-refractivity contribution < 1.29 is 65.0 Å². The van der Waals surface area contributed by atoms with E-state index in [0.29, 0.717) is 0 Å². The standard InChI is InChI=1S/C15H27NO13/c16-7-4(19)1-15(14(25)26,28-12(7)8(21)5(20)2-17)29-13-11(24)10(23)9(22)6(3-18)27-13/h4-13,17-24H,1-3,16H2,(H,25,26)/t4-,5+,6+,7+,8+,9+,10+,11-,12+,13-,15-/m0/s1. The molecule has 0 aromatic heterocycles. The molecular weight excluding hydrogens is 402 g/mol. The highest BCUT2D eigenvalue weighted by Gasteiger charge is 2.57. The lowest BCUT2D eigenvalue weighted by Crippen LogP contribution is -2.68. The second kappa shape index (κ2) is 9.42. The Bertz CT molecular complexity index is 564. The van der Waals surface area contributed by atoms with Crippen LogP contribution < -0.4 is 5.73 Å². The molecule has 2 aliphatic rings. The molecular formula is C15H27NO13. The molecule has 2 aliphatic heterocycles. The Morgan fingerprint density at radius 1 is 1.14 bits per heavy atom. The van der Waals surface area contributed by atoms with Crippen molar-refractivity contribution in [3.05, 3.63) is 0 Å². The summed E-state index contributed by atoms with van der Waals surface area (Å²) >= 11 is 0. The van der Waals surface area contributed by atoms with Crippen LogP contribution in [0.1, 0.15) is 6.42 Å². The van der Waals surface area contributed by atoms with Crippen molar-refractivity contribution in [3.8, 4) is 0 Å². The van der Waals surface area contributed by atoms with Crippen LogP contribution in [0.4, 0.5) is 0 Å². The molecule has 170 valence electrons. The molecule has 0 aromatic carbocycles. The van der Waals surface area contributed by atoms with Crippen LogP contribution in [0.5, 0.6) is 0 Å². The Morgan fingerprint density at radius 3 is 2.28 bits per heavy atom. The average Bonchev–Trinajstić information content (AvgIpc) is 2.69. The Balaban J connectivity index is 2.31. The number of carbonyl (C=O) groups is 1. The summed E-state index contributed by atoms with van der Waals surface area (Å²) in [6, 6.07) is -1.38. The van der Waals surface area contributed by atoms with Crippen molar-refractivity contribution in [2.75, 3.05) is 13.2 Å². The van der Waals surface area contributed by atoms with Gasteiger partial charge >= 0.3 is 5.97 Å². The first-order valence-corrected chi connectivity index (χ1v) is 8.79. The number of aliphatic hydroxyl groups excluding tert-OH is 8. The van der Waals surface area contributed by atoms with Crippen molar-refractivity contribution in [1.29, 1.82) is 0 Å². The molecule has 14 nitrogen and oxygen atoms in total. The highest BCUT2D eigenvalue weighted by atomic mass is 16.8. The summed E-state index contributed by atoms with van der Waals surface area (Å²) < 4.78 is 15.6. The minimum absolute atomic E-state index is 0.795. The zero-order chi connectivity index (χ0) is 22.1. The van der Waals surface area contributed by atoms with Crippen LogP contribution in [0.15, 0.2) is 0 Å². The quantitative estimate of drug-likeness (QED) is 0.181. The maximum Gasteiger partial charge on any atom is 0.364 e. The van der Waals surface area contributed by atoms with E-state index in [0.717, 1.165) is 0 Å². The van der Waals surface area contributed by atoms with E-state index in [1.165, 1.54) is 0 Å². The lowest BCUT2D eigenvalue weighted by Gasteiger charge is -2.48. The Hall–Kier alpha value is -1.01. The second-order valence-corrected chi connectivity index (χ2v) is 7.04. The first-order chi connectivity index (χ1) is 13.5. The molecule has 0 aromatic rings. The smallest absolute Gasteiger partial charge is 0.364 e. The van der Waals surface area contributed by atoms with Gasteiger partial charge < -0.3 is 65.9 Å². The van der Waals surface area contributed by atoms with Gasteiger partial charge in [-0.1, -0.05) is 0 Å². The molecule has 0 radical (unpaired) electrons. The van der Waals surface area contributed by atoms with Gasteiger partial charge in [0.15, 0.2) is 6.29 Å². The van der Waals surface area contributed by atoms with Crippen molar-refractivity contribution in [1.82, 2.24) is 0 Å². The van der Waals surface area contributed by atoms with E-state index in [4.69, 9.17) is 25.1 Å². The van der Waals surface area contributed by atoms with E-state index in [-0.39, 0.29) is 0 Å². The summed E-state index contributed by atoms with van der Waals surface area (Å²) in [6.07, 6.45) is -16.7. The number of carboxylic acid groups (broad SMARTS) is 1. The predicted molar refractivity (Wildman–Crippen MR) is 87.8 cm³/mol. The van der Waals surface area contributed by atoms with E-state index < -0.39 is 92.6 Å². The monoisotopic (exact) mass is 429 g/mol. The van der Waals surface area contributed by atoms with Crippen LogP contribution >= 0.6 is 0 Å². The molecule has 2 saturated heterocycles. The van der Waals surface area contributed by atoms with Gasteiger partial charge in [0.25, 0.3) is 5.79 Å². The number of nitrogens with two attached hydrogens (primary N) is 1. The fourth-order valence-electron chi connectivity index (χ4n) is 3.22. The van der Waals surface area contributed by atoms with Gasteiger partial charge in [-0.25, -0.2) is 4.79 Å². The molecule has 0 spiro atoms. The number of rotatable bonds is 7. The fourth-order valence-corrected chi connectivity index (χ4v) is 3.22. The summed E-state index contributed by atoms with van der Waals surface area (Å²) in [7, 11) is 0. The summed E-state index contributed by atoms with van der Waals surface area (Å²) in [5.41, 5.74) is 5.72. The molecule has 0 saturated carbocycles. The van der Waals surface area contributed by atoms with Gasteiger partial charge in [0.2, 0.25) is 0 Å². The second-order valence-electron chi connectivity index (χ2n) is 7.04. The molecule has 11 N–H and O–H groups in total. The molecule has 2 heterocycles. The van der Waals surface area contributed by atoms with Gasteiger partial charge in [0, 0.05) is 6.42 Å². The van der Waals surface area contributed by atoms with Gasteiger partial charge in [-0.2, -0.15) is 0 Å². The molecule has 2 rings (SSSR count). The molecule has 0 unspecified atom stereocenters. The number of aliphatic carboxylic acids is 1. The lowest BCUT2D eigenvalue weighted by atomic mass is 9.89. The van der Waals surface area contributed by atoms with Crippen LogP contribution in [0.3, 0.4) is 0 Å². The Labute approximate surface area is 164 Å². The molecule has 11 atom stereocenters. The summed E-state index contributed by atoms with van der Waals surface area (Å²) in [4.78, 5) is 11.9. The van der Waals surface area contributed by atoms with Crippen molar-refractivity contribution in [3.63, 3.8) is 0 Å². The molecule has 29 heavy (non-hydrogen) atoms. The van der Waals surface area contributed by atoms with Crippen LogP contribution in [0.2, 0.25) is 0 Å². The minimum atomic E-state index is -2.76. The molecule has 2 fully saturated rings. The predicted octanol–water partition coefficient (Wildman–Crippen LogP) is -6.22. The van der Waals surface area contributed by atoms with Gasteiger partial charge in [-0.15, -0.1) is 0 Å². The highest BCUT2D eigenvalue weighted by molar-refractivity contribution is 5.76. The Kier molecular flexibility index (Phi) is 7.88. The third-order valence-corrected chi connectivity index (χ3v) is 5.03. The molecule has 0 aliphatic carbocycles. The van der Waals surface area contributed by atoms with Gasteiger partial charge in [0.1, 0.15) is 42.7 Å². The zero-order valence-corrected chi connectivity index (χ0v) is 15.1. The Morgan fingerprint density at radius 2 is 1.76 bits per heavy atom. The lowest BCUT2D eigenvalue weighted by molar-refractivity contribution is -0.387. The summed E-state index contributed by atoms with van der Waals surface area (Å²) in [5, 5.41) is 87.5. The highest BCUT2D eigenvalue weighted by Crippen LogP contribution is 2.36. The number of hydrogen-bond donors (Lipinski definition) is 10. The zero-order valence-electron chi connectivity index (χ0n) is 15.1. The molecule has 0 bridgehead atoms. The topological polar surface area (TPSA) is 253 Å². The normalized spacial score (nSPS) is 45.6. The van der Waals surface area contributed by atoms with E-state index >= 15 is 0 Å². The number of carboxylic acids is 1. The average molecular weight is 429 g/mol. The van der Waals surface area contributed by atoms with E-state index in [1.54, 1.807) is 0 Å². The third-order valence-electron chi connectivity index (χ3n) is 5.03. The SMILES string of the molecule is N[C@H]1[C@H]([C@H](O)[C@H](O)CO)O[C@@](O[C@@H]2O[C@H](CO)[C@@H](O)[C@@H](O)[C@@H]2O)(C(=O)O)C[C@@H]1O. The van der Waals surface area contributed by atoms with Crippen molar-refractivity contribution >= 4 is 5.97 Å². The summed E-state index contributed by atoms with van der Waals surface area (Å²) in [5.74, 6) is -4.58. The minimum Gasteiger partial charge on any atom is -0.477 e. The van der Waals surface area contributed by atoms with E-state index in [2.05, 4.69) is 0 Å². The van der Waals surface area contributed by atoms with Crippen molar-refractivity contribution in [2.45, 2.75) is 73.4 Å². The number of aliphatic hydroxyl groups is 8. The van der Waals surface area contributed by atoms with E-state index in [1.807, 2.05) is 0 Å².